The van der Waals surface area contributed by atoms with Gasteiger partial charge in [0.25, 0.3) is 0 Å². The summed E-state index contributed by atoms with van der Waals surface area (Å²) in [5.74, 6) is 0. The minimum Gasteiger partial charge on any atom is -0.392 e. The van der Waals surface area contributed by atoms with Crippen LogP contribution in [0.5, 0.6) is 0 Å². The second-order valence-corrected chi connectivity index (χ2v) is 4.45. The molecule has 0 saturated carbocycles. The average Bonchev–Trinajstić information content (AvgIpc) is 2.16. The summed E-state index contributed by atoms with van der Waals surface area (Å²) in [5.41, 5.74) is 0. The van der Waals surface area contributed by atoms with E-state index in [9.17, 15) is 5.11 Å². The molecule has 0 radical (unpaired) electrons. The van der Waals surface area contributed by atoms with Crippen molar-refractivity contribution in [2.45, 2.75) is 45.9 Å². The van der Waals surface area contributed by atoms with Crippen molar-refractivity contribution in [3.8, 4) is 0 Å². The maximum absolute atomic E-state index is 9.53. The minimum atomic E-state index is -0.227. The monoisotopic (exact) mass is 200 g/mol. The van der Waals surface area contributed by atoms with E-state index >= 15 is 0 Å². The van der Waals surface area contributed by atoms with Gasteiger partial charge >= 0.3 is 0 Å². The second-order valence-electron chi connectivity index (χ2n) is 4.45. The van der Waals surface area contributed by atoms with Gasteiger partial charge in [-0.2, -0.15) is 0 Å². The molecule has 1 rings (SSSR count). The lowest BCUT2D eigenvalue weighted by molar-refractivity contribution is 0.0152. The highest BCUT2D eigenvalue weighted by Gasteiger charge is 2.27. The molecule has 1 heterocycles. The smallest absolute Gasteiger partial charge is 0.0664 e. The predicted octanol–water partition coefficient (Wildman–Crippen LogP) is 0.782. The van der Waals surface area contributed by atoms with Gasteiger partial charge < -0.3 is 5.11 Å². The van der Waals surface area contributed by atoms with Crippen molar-refractivity contribution in [2.24, 2.45) is 0 Å². The SMILES string of the molecule is CCN1CCN(C(C)C(C)O)CC1C. The van der Waals surface area contributed by atoms with E-state index in [-0.39, 0.29) is 12.1 Å². The zero-order valence-corrected chi connectivity index (χ0v) is 9.90. The zero-order chi connectivity index (χ0) is 10.7. The van der Waals surface area contributed by atoms with Crippen LogP contribution < -0.4 is 0 Å². The van der Waals surface area contributed by atoms with Gasteiger partial charge in [-0.05, 0) is 27.3 Å². The predicted molar refractivity (Wildman–Crippen MR) is 59.4 cm³/mol. The molecule has 0 aromatic carbocycles. The molecule has 0 spiro atoms. The molecular formula is C11H24N2O. The Morgan fingerprint density at radius 1 is 1.36 bits per heavy atom. The first-order valence-corrected chi connectivity index (χ1v) is 5.72. The number of rotatable bonds is 3. The van der Waals surface area contributed by atoms with E-state index in [2.05, 4.69) is 30.6 Å². The first-order valence-electron chi connectivity index (χ1n) is 5.72. The Bertz CT molecular complexity index is 173. The summed E-state index contributed by atoms with van der Waals surface area (Å²) in [6, 6.07) is 0.909. The normalized spacial score (nSPS) is 30.2. The molecule has 1 N–H and O–H groups in total. The summed E-state index contributed by atoms with van der Waals surface area (Å²) < 4.78 is 0. The van der Waals surface area contributed by atoms with Crippen molar-refractivity contribution in [3.63, 3.8) is 0 Å². The van der Waals surface area contributed by atoms with Crippen LogP contribution in [0.4, 0.5) is 0 Å². The van der Waals surface area contributed by atoms with Gasteiger partial charge in [-0.3, -0.25) is 9.80 Å². The van der Waals surface area contributed by atoms with E-state index in [0.717, 1.165) is 26.2 Å². The van der Waals surface area contributed by atoms with Crippen LogP contribution in [0, 0.1) is 0 Å². The van der Waals surface area contributed by atoms with Crippen LogP contribution >= 0.6 is 0 Å². The Labute approximate surface area is 87.7 Å². The van der Waals surface area contributed by atoms with Crippen LogP contribution in [0.2, 0.25) is 0 Å². The maximum atomic E-state index is 9.53. The van der Waals surface area contributed by atoms with Gasteiger partial charge in [0.2, 0.25) is 0 Å². The lowest BCUT2D eigenvalue weighted by Gasteiger charge is -2.42. The van der Waals surface area contributed by atoms with Crippen molar-refractivity contribution >= 4 is 0 Å². The van der Waals surface area contributed by atoms with Gasteiger partial charge in [-0.25, -0.2) is 0 Å². The highest BCUT2D eigenvalue weighted by atomic mass is 16.3. The van der Waals surface area contributed by atoms with E-state index < -0.39 is 0 Å². The van der Waals surface area contributed by atoms with Crippen LogP contribution in [-0.4, -0.2) is 59.3 Å². The van der Waals surface area contributed by atoms with Crippen LogP contribution in [0.25, 0.3) is 0 Å². The maximum Gasteiger partial charge on any atom is 0.0664 e. The third-order valence-corrected chi connectivity index (χ3v) is 3.48. The molecule has 3 atom stereocenters. The van der Waals surface area contributed by atoms with Gasteiger partial charge in [-0.1, -0.05) is 6.92 Å². The zero-order valence-electron chi connectivity index (χ0n) is 9.90. The molecule has 84 valence electrons. The van der Waals surface area contributed by atoms with Crippen LogP contribution in [0.1, 0.15) is 27.7 Å². The number of hydrogen-bond acceptors (Lipinski definition) is 3. The Morgan fingerprint density at radius 2 is 2.00 bits per heavy atom. The Morgan fingerprint density at radius 3 is 2.43 bits per heavy atom. The molecule has 0 amide bonds. The molecule has 0 aromatic heterocycles. The number of hydrogen-bond donors (Lipinski definition) is 1. The largest absolute Gasteiger partial charge is 0.392 e. The highest BCUT2D eigenvalue weighted by Crippen LogP contribution is 2.13. The van der Waals surface area contributed by atoms with Crippen molar-refractivity contribution in [1.29, 1.82) is 0 Å². The molecule has 3 nitrogen and oxygen atoms in total. The fourth-order valence-electron chi connectivity index (χ4n) is 2.17. The van der Waals surface area contributed by atoms with E-state index in [0.29, 0.717) is 6.04 Å². The third-order valence-electron chi connectivity index (χ3n) is 3.48. The molecule has 1 aliphatic rings. The van der Waals surface area contributed by atoms with Crippen LogP contribution in [-0.2, 0) is 0 Å². The molecule has 1 fully saturated rings. The molecule has 0 aliphatic carbocycles. The Hall–Kier alpha value is -0.120. The quantitative estimate of drug-likeness (QED) is 0.729. The van der Waals surface area contributed by atoms with Gasteiger partial charge in [-0.15, -0.1) is 0 Å². The summed E-state index contributed by atoms with van der Waals surface area (Å²) in [6.07, 6.45) is -0.227. The molecule has 0 bridgehead atoms. The lowest BCUT2D eigenvalue weighted by Crippen LogP contribution is -2.55. The van der Waals surface area contributed by atoms with E-state index in [1.165, 1.54) is 0 Å². The van der Waals surface area contributed by atoms with E-state index in [1.807, 2.05) is 6.92 Å². The standard InChI is InChI=1S/C11H24N2O/c1-5-12-6-7-13(8-9(12)2)10(3)11(4)14/h9-11,14H,5-8H2,1-4H3. The minimum absolute atomic E-state index is 0.227. The molecule has 3 heteroatoms. The van der Waals surface area contributed by atoms with Gasteiger partial charge in [0, 0.05) is 31.7 Å². The molecule has 14 heavy (non-hydrogen) atoms. The topological polar surface area (TPSA) is 26.7 Å². The van der Waals surface area contributed by atoms with E-state index in [4.69, 9.17) is 0 Å². The first kappa shape index (κ1) is 12.0. The third kappa shape index (κ3) is 2.69. The molecular weight excluding hydrogens is 176 g/mol. The molecule has 1 saturated heterocycles. The van der Waals surface area contributed by atoms with Crippen LogP contribution in [0.15, 0.2) is 0 Å². The lowest BCUT2D eigenvalue weighted by atomic mass is 10.1. The number of nitrogens with zero attached hydrogens (tertiary/aromatic N) is 2. The first-order chi connectivity index (χ1) is 6.56. The van der Waals surface area contributed by atoms with Gasteiger partial charge in [0.05, 0.1) is 6.10 Å². The Balaban J connectivity index is 2.46. The summed E-state index contributed by atoms with van der Waals surface area (Å²) in [5, 5.41) is 9.53. The second kappa shape index (κ2) is 5.10. The fraction of sp³-hybridized carbons (Fsp3) is 1.00. The Kier molecular flexibility index (Phi) is 4.35. The fourth-order valence-corrected chi connectivity index (χ4v) is 2.17. The van der Waals surface area contributed by atoms with Crippen molar-refractivity contribution in [1.82, 2.24) is 9.80 Å². The molecule has 1 aliphatic heterocycles. The van der Waals surface area contributed by atoms with Crippen molar-refractivity contribution < 1.29 is 5.11 Å². The van der Waals surface area contributed by atoms with E-state index in [1.54, 1.807) is 0 Å². The number of aliphatic hydroxyl groups excluding tert-OH is 1. The van der Waals surface area contributed by atoms with Crippen molar-refractivity contribution in [3.05, 3.63) is 0 Å². The summed E-state index contributed by atoms with van der Waals surface area (Å²) >= 11 is 0. The van der Waals surface area contributed by atoms with Gasteiger partial charge in [0.1, 0.15) is 0 Å². The molecule has 3 unspecified atom stereocenters. The summed E-state index contributed by atoms with van der Waals surface area (Å²) in [4.78, 5) is 4.88. The number of aliphatic hydroxyl groups is 1. The number of likely N-dealkylation sites (N-methyl/N-ethyl adjacent to an activating group) is 1. The molecule has 0 aromatic rings. The van der Waals surface area contributed by atoms with Gasteiger partial charge in [0.15, 0.2) is 0 Å². The van der Waals surface area contributed by atoms with Crippen molar-refractivity contribution in [2.75, 3.05) is 26.2 Å². The average molecular weight is 200 g/mol. The summed E-state index contributed by atoms with van der Waals surface area (Å²) in [7, 11) is 0. The van der Waals surface area contributed by atoms with Crippen LogP contribution in [0.3, 0.4) is 0 Å². The number of piperazine rings is 1. The highest BCUT2D eigenvalue weighted by molar-refractivity contribution is 4.82. The summed E-state index contributed by atoms with van der Waals surface area (Å²) in [6.45, 7) is 12.9.